The van der Waals surface area contributed by atoms with Gasteiger partial charge in [0.1, 0.15) is 11.6 Å². The fourth-order valence-corrected chi connectivity index (χ4v) is 4.40. The van der Waals surface area contributed by atoms with Gasteiger partial charge in [0.05, 0.1) is 0 Å². The van der Waals surface area contributed by atoms with Crippen molar-refractivity contribution in [3.8, 4) is 0 Å². The molecule has 4 rings (SSSR count). The number of halogens is 2. The van der Waals surface area contributed by atoms with Gasteiger partial charge >= 0.3 is 0 Å². The molecule has 2 N–H and O–H groups in total. The van der Waals surface area contributed by atoms with E-state index in [0.717, 1.165) is 43.5 Å². The lowest BCUT2D eigenvalue weighted by molar-refractivity contribution is 0.813. The number of aromatic nitrogens is 6. The molecular weight excluding hydrogens is 459 g/mol. The highest BCUT2D eigenvalue weighted by Gasteiger charge is 2.08. The van der Waals surface area contributed by atoms with E-state index in [1.54, 1.807) is 23.5 Å². The minimum absolute atomic E-state index is 0.713. The van der Waals surface area contributed by atoms with E-state index in [1.165, 1.54) is 11.1 Å². The van der Waals surface area contributed by atoms with E-state index < -0.39 is 0 Å². The SMILES string of the molecule is Clc1ccc(CSc2n[nH]c(CCc3nc(SCc4ccc(Cl)cc4)n[nH]3)n2)cc1. The van der Waals surface area contributed by atoms with Crippen LogP contribution in [0.2, 0.25) is 10.0 Å². The number of thioether (sulfide) groups is 2. The number of hydrogen-bond donors (Lipinski definition) is 2. The van der Waals surface area contributed by atoms with Crippen molar-refractivity contribution in [3.05, 3.63) is 81.4 Å². The molecule has 154 valence electrons. The molecule has 0 aliphatic heterocycles. The Morgan fingerprint density at radius 1 is 0.633 bits per heavy atom. The van der Waals surface area contributed by atoms with Crippen molar-refractivity contribution in [2.24, 2.45) is 0 Å². The number of rotatable bonds is 9. The van der Waals surface area contributed by atoms with Crippen LogP contribution in [0.3, 0.4) is 0 Å². The van der Waals surface area contributed by atoms with Crippen molar-refractivity contribution >= 4 is 46.7 Å². The topological polar surface area (TPSA) is 83.1 Å². The molecule has 0 aliphatic rings. The van der Waals surface area contributed by atoms with Gasteiger partial charge in [-0.2, -0.15) is 0 Å². The highest BCUT2D eigenvalue weighted by atomic mass is 35.5. The van der Waals surface area contributed by atoms with Crippen molar-refractivity contribution in [3.63, 3.8) is 0 Å². The van der Waals surface area contributed by atoms with E-state index >= 15 is 0 Å². The summed E-state index contributed by atoms with van der Waals surface area (Å²) in [4.78, 5) is 9.08. The number of H-pyrrole nitrogens is 2. The molecule has 0 bridgehead atoms. The van der Waals surface area contributed by atoms with Crippen LogP contribution >= 0.6 is 46.7 Å². The average Bonchev–Trinajstić information content (AvgIpc) is 3.41. The Kier molecular flexibility index (Phi) is 7.33. The van der Waals surface area contributed by atoms with Crippen LogP contribution in [0.25, 0.3) is 0 Å². The first-order valence-corrected chi connectivity index (χ1v) is 11.9. The Morgan fingerprint density at radius 2 is 1.03 bits per heavy atom. The van der Waals surface area contributed by atoms with Crippen molar-refractivity contribution in [2.45, 2.75) is 34.7 Å². The van der Waals surface area contributed by atoms with Crippen LogP contribution in [0.5, 0.6) is 0 Å². The van der Waals surface area contributed by atoms with E-state index in [0.29, 0.717) is 12.8 Å². The highest BCUT2D eigenvalue weighted by molar-refractivity contribution is 7.98. The molecule has 30 heavy (non-hydrogen) atoms. The maximum absolute atomic E-state index is 5.92. The summed E-state index contributed by atoms with van der Waals surface area (Å²) >= 11 is 15.0. The lowest BCUT2D eigenvalue weighted by Gasteiger charge is -1.98. The molecule has 2 aromatic carbocycles. The molecule has 0 fully saturated rings. The molecule has 0 atom stereocenters. The molecule has 0 amide bonds. The Morgan fingerprint density at radius 3 is 1.43 bits per heavy atom. The zero-order chi connectivity index (χ0) is 20.8. The summed E-state index contributed by atoms with van der Waals surface area (Å²) in [6, 6.07) is 15.6. The third-order valence-corrected chi connectivity index (χ3v) is 6.52. The summed E-state index contributed by atoms with van der Waals surface area (Å²) in [5, 5.41) is 17.5. The van der Waals surface area contributed by atoms with Crippen LogP contribution in [0.15, 0.2) is 58.8 Å². The van der Waals surface area contributed by atoms with E-state index in [-0.39, 0.29) is 0 Å². The second kappa shape index (κ2) is 10.3. The van der Waals surface area contributed by atoms with Gasteiger partial charge < -0.3 is 0 Å². The van der Waals surface area contributed by atoms with Gasteiger partial charge in [0.2, 0.25) is 10.3 Å². The zero-order valence-corrected chi connectivity index (χ0v) is 19.0. The van der Waals surface area contributed by atoms with Crippen LogP contribution in [-0.4, -0.2) is 30.4 Å². The van der Waals surface area contributed by atoms with Crippen LogP contribution in [-0.2, 0) is 24.3 Å². The zero-order valence-electron chi connectivity index (χ0n) is 15.8. The van der Waals surface area contributed by atoms with Gasteiger partial charge in [-0.15, -0.1) is 10.2 Å². The van der Waals surface area contributed by atoms with Crippen molar-refractivity contribution < 1.29 is 0 Å². The quantitative estimate of drug-likeness (QED) is 0.306. The van der Waals surface area contributed by atoms with Crippen molar-refractivity contribution in [2.75, 3.05) is 0 Å². The third kappa shape index (κ3) is 6.25. The number of benzene rings is 2. The van der Waals surface area contributed by atoms with Gasteiger partial charge in [-0.3, -0.25) is 10.2 Å². The predicted octanol–water partition coefficient (Wildman–Crippen LogP) is 5.60. The largest absolute Gasteiger partial charge is 0.262 e. The van der Waals surface area contributed by atoms with Gasteiger partial charge in [0.15, 0.2) is 0 Å². The highest BCUT2D eigenvalue weighted by Crippen LogP contribution is 2.22. The lowest BCUT2D eigenvalue weighted by Crippen LogP contribution is -1.95. The Balaban J connectivity index is 1.23. The normalized spacial score (nSPS) is 11.1. The van der Waals surface area contributed by atoms with Gasteiger partial charge in [0.25, 0.3) is 0 Å². The van der Waals surface area contributed by atoms with E-state index in [1.807, 2.05) is 48.5 Å². The van der Waals surface area contributed by atoms with E-state index in [4.69, 9.17) is 23.2 Å². The molecule has 0 spiro atoms. The van der Waals surface area contributed by atoms with Crippen LogP contribution < -0.4 is 0 Å². The Bertz CT molecular complexity index is 992. The number of nitrogens with one attached hydrogen (secondary N) is 2. The summed E-state index contributed by atoms with van der Waals surface area (Å²) in [5.74, 6) is 3.26. The fraction of sp³-hybridized carbons (Fsp3) is 0.200. The smallest absolute Gasteiger partial charge is 0.208 e. The summed E-state index contributed by atoms with van der Waals surface area (Å²) in [5.41, 5.74) is 2.36. The average molecular weight is 477 g/mol. The molecular formula is C20H18Cl2N6S2. The molecule has 0 unspecified atom stereocenters. The second-order valence-corrected chi connectivity index (χ2v) is 9.22. The lowest BCUT2D eigenvalue weighted by atomic mass is 10.2. The molecule has 0 saturated carbocycles. The summed E-state index contributed by atoms with van der Waals surface area (Å²) in [7, 11) is 0. The minimum atomic E-state index is 0.713. The molecule has 10 heteroatoms. The Labute approximate surface area is 192 Å². The first kappa shape index (κ1) is 21.2. The van der Waals surface area contributed by atoms with Crippen LogP contribution in [0.1, 0.15) is 22.8 Å². The molecule has 0 aliphatic carbocycles. The van der Waals surface area contributed by atoms with Gasteiger partial charge in [-0.25, -0.2) is 9.97 Å². The minimum Gasteiger partial charge on any atom is -0.262 e. The monoisotopic (exact) mass is 476 g/mol. The molecule has 4 aromatic rings. The van der Waals surface area contributed by atoms with Gasteiger partial charge in [-0.1, -0.05) is 71.0 Å². The predicted molar refractivity (Wildman–Crippen MR) is 122 cm³/mol. The maximum atomic E-state index is 5.92. The van der Waals surface area contributed by atoms with Gasteiger partial charge in [0, 0.05) is 34.4 Å². The van der Waals surface area contributed by atoms with E-state index in [2.05, 4.69) is 30.4 Å². The number of hydrogen-bond acceptors (Lipinski definition) is 6. The second-order valence-electron chi connectivity index (χ2n) is 6.46. The fourth-order valence-electron chi connectivity index (χ4n) is 2.60. The molecule has 0 radical (unpaired) electrons. The third-order valence-electron chi connectivity index (χ3n) is 4.18. The number of aryl methyl sites for hydroxylation is 2. The standard InChI is InChI=1S/C20H18Cl2N6S2/c21-15-5-1-13(2-6-15)11-29-19-23-17(25-27-19)9-10-18-24-20(28-26-18)30-12-14-3-7-16(22)8-4-14/h1-8H,9-12H2,(H,23,25,27)(H,24,26,28). The Hall–Kier alpha value is -2.00. The summed E-state index contributed by atoms with van der Waals surface area (Å²) < 4.78 is 0. The maximum Gasteiger partial charge on any atom is 0.208 e. The summed E-state index contributed by atoms with van der Waals surface area (Å²) in [6.45, 7) is 0. The van der Waals surface area contributed by atoms with Crippen LogP contribution in [0, 0.1) is 0 Å². The molecule has 0 saturated heterocycles. The van der Waals surface area contributed by atoms with Crippen molar-refractivity contribution in [1.82, 2.24) is 30.4 Å². The molecule has 6 nitrogen and oxygen atoms in total. The summed E-state index contributed by atoms with van der Waals surface area (Å²) in [6.07, 6.45) is 1.43. The van der Waals surface area contributed by atoms with Gasteiger partial charge in [-0.05, 0) is 35.4 Å². The molecule has 2 heterocycles. The van der Waals surface area contributed by atoms with E-state index in [9.17, 15) is 0 Å². The van der Waals surface area contributed by atoms with Crippen molar-refractivity contribution in [1.29, 1.82) is 0 Å². The number of aromatic amines is 2. The number of nitrogens with zero attached hydrogens (tertiary/aromatic N) is 4. The van der Waals surface area contributed by atoms with Crippen LogP contribution in [0.4, 0.5) is 0 Å². The first-order valence-electron chi connectivity index (χ1n) is 9.21. The molecule has 2 aromatic heterocycles. The first-order chi connectivity index (χ1) is 14.6.